The summed E-state index contributed by atoms with van der Waals surface area (Å²) in [5, 5.41) is 0.825. The lowest BCUT2D eigenvalue weighted by atomic mass is 9.88. The van der Waals surface area contributed by atoms with Gasteiger partial charge in [0.25, 0.3) is 0 Å². The van der Waals surface area contributed by atoms with E-state index in [1.165, 1.54) is 0 Å². The van der Waals surface area contributed by atoms with Crippen LogP contribution in [-0.4, -0.2) is 32.4 Å². The zero-order valence-corrected chi connectivity index (χ0v) is 13.4. The monoisotopic (exact) mass is 346 g/mol. The average molecular weight is 347 g/mol. The highest BCUT2D eigenvalue weighted by molar-refractivity contribution is 9.09. The summed E-state index contributed by atoms with van der Waals surface area (Å²) in [7, 11) is -1.14. The topological polar surface area (TPSA) is 43.4 Å². The van der Waals surface area contributed by atoms with Gasteiger partial charge in [0.1, 0.15) is 5.75 Å². The van der Waals surface area contributed by atoms with Crippen LogP contribution >= 0.6 is 15.9 Å². The predicted octanol–water partition coefficient (Wildman–Crippen LogP) is 2.68. The average Bonchev–Trinajstić information content (AvgIpc) is 2.76. The summed E-state index contributed by atoms with van der Waals surface area (Å²) >= 11 is 3.53. The molecule has 0 aliphatic carbocycles. The summed E-state index contributed by atoms with van der Waals surface area (Å²) in [4.78, 5) is 0. The van der Waals surface area contributed by atoms with E-state index < -0.39 is 9.84 Å². The van der Waals surface area contributed by atoms with E-state index in [-0.39, 0.29) is 5.92 Å². The Hall–Kier alpha value is -0.550. The molecule has 106 valence electrons. The fourth-order valence-electron chi connectivity index (χ4n) is 2.70. The lowest BCUT2D eigenvalue weighted by Crippen LogP contribution is -2.20. The van der Waals surface area contributed by atoms with Crippen molar-refractivity contribution in [3.63, 3.8) is 0 Å². The molecule has 1 aromatic rings. The Morgan fingerprint density at radius 3 is 2.74 bits per heavy atom. The Kier molecular flexibility index (Phi) is 4.90. The first-order valence-electron chi connectivity index (χ1n) is 6.44. The molecule has 2 rings (SSSR count). The highest BCUT2D eigenvalue weighted by Gasteiger charge is 2.33. The molecule has 2 unspecified atom stereocenters. The van der Waals surface area contributed by atoms with Crippen LogP contribution in [0.4, 0.5) is 0 Å². The molecule has 0 amide bonds. The zero-order valence-electron chi connectivity index (χ0n) is 11.0. The molecule has 1 aliphatic heterocycles. The summed E-state index contributed by atoms with van der Waals surface area (Å²) in [5.74, 6) is 2.16. The standard InChI is InChI=1S/C14H19BrO3S/c1-18-14-5-3-2-4-11(14)8-13(9-15)12-6-7-19(16,17)10-12/h2-5,12-13H,6-10H2,1H3. The second kappa shape index (κ2) is 6.27. The normalized spacial score (nSPS) is 23.2. The Morgan fingerprint density at radius 1 is 1.42 bits per heavy atom. The number of ether oxygens (including phenoxy) is 1. The molecule has 19 heavy (non-hydrogen) atoms. The van der Waals surface area contributed by atoms with Gasteiger partial charge in [-0.2, -0.15) is 0 Å². The van der Waals surface area contributed by atoms with Crippen molar-refractivity contribution in [3.8, 4) is 5.75 Å². The third-order valence-corrected chi connectivity index (χ3v) is 6.43. The molecule has 0 spiro atoms. The van der Waals surface area contributed by atoms with Gasteiger partial charge < -0.3 is 4.74 Å². The highest BCUT2D eigenvalue weighted by atomic mass is 79.9. The van der Waals surface area contributed by atoms with Crippen molar-refractivity contribution in [1.29, 1.82) is 0 Å². The van der Waals surface area contributed by atoms with E-state index in [1.54, 1.807) is 7.11 Å². The van der Waals surface area contributed by atoms with Gasteiger partial charge in [0.2, 0.25) is 0 Å². The minimum atomic E-state index is -2.81. The molecule has 0 aromatic heterocycles. The van der Waals surface area contributed by atoms with E-state index in [1.807, 2.05) is 18.2 Å². The van der Waals surface area contributed by atoms with Gasteiger partial charge in [-0.05, 0) is 36.3 Å². The summed E-state index contributed by atoms with van der Waals surface area (Å²) in [6, 6.07) is 7.95. The first-order chi connectivity index (χ1) is 9.05. The third kappa shape index (κ3) is 3.72. The molecule has 2 atom stereocenters. The fraction of sp³-hybridized carbons (Fsp3) is 0.571. The van der Waals surface area contributed by atoms with Gasteiger partial charge >= 0.3 is 0 Å². The van der Waals surface area contributed by atoms with Crippen LogP contribution in [0.1, 0.15) is 12.0 Å². The summed E-state index contributed by atoms with van der Waals surface area (Å²) in [6.07, 6.45) is 1.64. The van der Waals surface area contributed by atoms with E-state index in [0.717, 1.165) is 29.5 Å². The molecule has 1 aromatic carbocycles. The Morgan fingerprint density at radius 2 is 2.16 bits per heavy atom. The molecule has 1 aliphatic rings. The summed E-state index contributed by atoms with van der Waals surface area (Å²) < 4.78 is 28.6. The van der Waals surface area contributed by atoms with Crippen LogP contribution in [0.3, 0.4) is 0 Å². The van der Waals surface area contributed by atoms with Crippen LogP contribution in [-0.2, 0) is 16.3 Å². The van der Waals surface area contributed by atoms with E-state index in [2.05, 4.69) is 22.0 Å². The number of benzene rings is 1. The lowest BCUT2D eigenvalue weighted by molar-refractivity contribution is 0.380. The first kappa shape index (κ1) is 14.9. The van der Waals surface area contributed by atoms with Gasteiger partial charge in [-0.25, -0.2) is 8.42 Å². The number of methoxy groups -OCH3 is 1. The van der Waals surface area contributed by atoms with Gasteiger partial charge in [-0.15, -0.1) is 0 Å². The maximum Gasteiger partial charge on any atom is 0.150 e. The molecule has 0 saturated carbocycles. The van der Waals surface area contributed by atoms with Crippen molar-refractivity contribution in [2.45, 2.75) is 12.8 Å². The molecular weight excluding hydrogens is 328 g/mol. The second-order valence-corrected chi connectivity index (χ2v) is 7.97. The highest BCUT2D eigenvalue weighted by Crippen LogP contribution is 2.32. The van der Waals surface area contributed by atoms with Crippen LogP contribution < -0.4 is 4.74 Å². The Bertz CT molecular complexity index is 527. The van der Waals surface area contributed by atoms with Crippen LogP contribution in [0, 0.1) is 11.8 Å². The number of alkyl halides is 1. The number of sulfone groups is 1. The second-order valence-electron chi connectivity index (χ2n) is 5.09. The van der Waals surface area contributed by atoms with Crippen molar-refractivity contribution in [3.05, 3.63) is 29.8 Å². The van der Waals surface area contributed by atoms with Gasteiger partial charge in [0, 0.05) is 5.33 Å². The van der Waals surface area contributed by atoms with Gasteiger partial charge in [-0.3, -0.25) is 0 Å². The number of hydrogen-bond donors (Lipinski definition) is 0. The molecule has 0 N–H and O–H groups in total. The minimum absolute atomic E-state index is 0.259. The van der Waals surface area contributed by atoms with E-state index in [0.29, 0.717) is 17.4 Å². The van der Waals surface area contributed by atoms with Crippen LogP contribution in [0.2, 0.25) is 0 Å². The fourth-order valence-corrected chi connectivity index (χ4v) is 5.37. The van der Waals surface area contributed by atoms with Crippen LogP contribution in [0.5, 0.6) is 5.75 Å². The SMILES string of the molecule is COc1ccccc1CC(CBr)C1CCS(=O)(=O)C1. The minimum Gasteiger partial charge on any atom is -0.496 e. The van der Waals surface area contributed by atoms with Crippen LogP contribution in [0.25, 0.3) is 0 Å². The largest absolute Gasteiger partial charge is 0.496 e. The number of hydrogen-bond acceptors (Lipinski definition) is 3. The zero-order chi connectivity index (χ0) is 13.9. The molecule has 1 saturated heterocycles. The van der Waals surface area contributed by atoms with Crippen LogP contribution in [0.15, 0.2) is 24.3 Å². The Labute approximate surface area is 123 Å². The lowest BCUT2D eigenvalue weighted by Gasteiger charge is -2.21. The smallest absolute Gasteiger partial charge is 0.150 e. The maximum atomic E-state index is 11.6. The first-order valence-corrected chi connectivity index (χ1v) is 9.38. The number of para-hydroxylation sites is 1. The molecule has 0 radical (unpaired) electrons. The molecule has 5 heteroatoms. The number of halogens is 1. The quantitative estimate of drug-likeness (QED) is 0.770. The predicted molar refractivity (Wildman–Crippen MR) is 80.7 cm³/mol. The maximum absolute atomic E-state index is 11.6. The van der Waals surface area contributed by atoms with Crippen molar-refractivity contribution in [1.82, 2.24) is 0 Å². The summed E-state index contributed by atoms with van der Waals surface area (Å²) in [6.45, 7) is 0. The van der Waals surface area contributed by atoms with E-state index in [4.69, 9.17) is 4.74 Å². The van der Waals surface area contributed by atoms with Gasteiger partial charge in [0.05, 0.1) is 18.6 Å². The molecule has 0 bridgehead atoms. The molecule has 3 nitrogen and oxygen atoms in total. The van der Waals surface area contributed by atoms with E-state index in [9.17, 15) is 8.42 Å². The van der Waals surface area contributed by atoms with E-state index >= 15 is 0 Å². The van der Waals surface area contributed by atoms with Gasteiger partial charge in [-0.1, -0.05) is 34.1 Å². The number of rotatable bonds is 5. The van der Waals surface area contributed by atoms with Crippen molar-refractivity contribution >= 4 is 25.8 Å². The summed E-state index contributed by atoms with van der Waals surface area (Å²) in [5.41, 5.74) is 1.15. The molecular formula is C14H19BrO3S. The molecule has 1 heterocycles. The third-order valence-electron chi connectivity index (χ3n) is 3.81. The van der Waals surface area contributed by atoms with Crippen molar-refractivity contribution < 1.29 is 13.2 Å². The Balaban J connectivity index is 2.11. The van der Waals surface area contributed by atoms with Crippen molar-refractivity contribution in [2.75, 3.05) is 23.9 Å². The molecule has 1 fully saturated rings. The van der Waals surface area contributed by atoms with Crippen molar-refractivity contribution in [2.24, 2.45) is 11.8 Å². The van der Waals surface area contributed by atoms with Gasteiger partial charge in [0.15, 0.2) is 9.84 Å².